The minimum Gasteiger partial charge on any atom is -0.350 e. The van der Waals surface area contributed by atoms with Crippen LogP contribution in [0.25, 0.3) is 0 Å². The molecule has 0 unspecified atom stereocenters. The second-order valence-corrected chi connectivity index (χ2v) is 9.50. The van der Waals surface area contributed by atoms with E-state index in [0.717, 1.165) is 29.3 Å². The average Bonchev–Trinajstić information content (AvgIpc) is 2.79. The van der Waals surface area contributed by atoms with Gasteiger partial charge in [0.25, 0.3) is 15.7 Å². The van der Waals surface area contributed by atoms with Crippen molar-refractivity contribution in [2.24, 2.45) is 0 Å². The van der Waals surface area contributed by atoms with Gasteiger partial charge in [-0.15, -0.1) is 0 Å². The molecule has 0 aromatic heterocycles. The number of carbonyl (C=O) groups is 2. The number of Topliss-reactive ketones (excluding diaryl/α,β-unsaturated/α-hetero) is 2. The third-order valence-electron chi connectivity index (χ3n) is 5.19. The third-order valence-corrected chi connectivity index (χ3v) is 6.55. The van der Waals surface area contributed by atoms with Gasteiger partial charge in [-0.25, -0.2) is 8.42 Å². The van der Waals surface area contributed by atoms with Crippen LogP contribution < -0.4 is 10.0 Å². The van der Waals surface area contributed by atoms with Crippen molar-refractivity contribution in [1.82, 2.24) is 4.72 Å². The van der Waals surface area contributed by atoms with Crippen molar-refractivity contribution in [1.29, 1.82) is 0 Å². The van der Waals surface area contributed by atoms with Crippen LogP contribution in [0.15, 0.2) is 83.0 Å². The van der Waals surface area contributed by atoms with E-state index in [2.05, 4.69) is 10.0 Å². The van der Waals surface area contributed by atoms with Gasteiger partial charge in [0, 0.05) is 28.9 Å². The predicted octanol–water partition coefficient (Wildman–Crippen LogP) is 3.89. The van der Waals surface area contributed by atoms with Gasteiger partial charge in [0.15, 0.2) is 0 Å². The second kappa shape index (κ2) is 8.56. The van der Waals surface area contributed by atoms with Gasteiger partial charge in [0.05, 0.1) is 9.82 Å². The number of nitrogens with zero attached hydrogens (tertiary/aromatic N) is 1. The molecular weight excluding hydrogens is 458 g/mol. The number of benzene rings is 3. The number of sulfonamides is 1. The summed E-state index contributed by atoms with van der Waals surface area (Å²) in [7, 11) is -4.21. The van der Waals surface area contributed by atoms with Crippen molar-refractivity contribution < 1.29 is 22.9 Å². The molecular formula is C24H19N3O6S. The summed E-state index contributed by atoms with van der Waals surface area (Å²) >= 11 is 0. The highest BCUT2D eigenvalue weighted by Crippen LogP contribution is 2.30. The van der Waals surface area contributed by atoms with E-state index in [1.54, 1.807) is 18.2 Å². The van der Waals surface area contributed by atoms with E-state index < -0.39 is 32.2 Å². The zero-order valence-electron chi connectivity index (χ0n) is 18.2. The Morgan fingerprint density at radius 3 is 2.03 bits per heavy atom. The Kier molecular flexibility index (Phi) is 5.76. The molecule has 0 saturated carbocycles. The molecule has 1 aliphatic carbocycles. The monoisotopic (exact) mass is 477 g/mol. The van der Waals surface area contributed by atoms with Gasteiger partial charge in [-0.05, 0) is 55.3 Å². The number of hydrogen-bond acceptors (Lipinski definition) is 7. The molecule has 4 rings (SSSR count). The largest absolute Gasteiger partial charge is 0.350 e. The second-order valence-electron chi connectivity index (χ2n) is 7.82. The molecule has 0 radical (unpaired) electrons. The molecule has 172 valence electrons. The first-order chi connectivity index (χ1) is 16.1. The van der Waals surface area contributed by atoms with Gasteiger partial charge in [0.1, 0.15) is 11.4 Å². The standard InChI is InChI=1S/C24H19N3O6S/c1-14-10-15(2)12-16(11-14)25-21-22(26-34(32,33)18-6-4-3-5-7-18)23(28)19-9-8-17(27(30)31)13-20(19)24(21)29/h3-13,25-26H,1-2H3. The van der Waals surface area contributed by atoms with Gasteiger partial charge in [-0.1, -0.05) is 24.3 Å². The topological polar surface area (TPSA) is 135 Å². The molecule has 0 spiro atoms. The highest BCUT2D eigenvalue weighted by atomic mass is 32.2. The molecule has 34 heavy (non-hydrogen) atoms. The molecule has 0 fully saturated rings. The van der Waals surface area contributed by atoms with Crippen LogP contribution in [0, 0.1) is 24.0 Å². The predicted molar refractivity (Wildman–Crippen MR) is 125 cm³/mol. The number of anilines is 1. The van der Waals surface area contributed by atoms with Crippen molar-refractivity contribution in [2.45, 2.75) is 18.7 Å². The number of rotatable bonds is 6. The smallest absolute Gasteiger partial charge is 0.270 e. The fourth-order valence-corrected chi connectivity index (χ4v) is 4.83. The first-order valence-electron chi connectivity index (χ1n) is 10.1. The molecule has 0 saturated heterocycles. The maximum absolute atomic E-state index is 13.4. The minimum absolute atomic E-state index is 0.0944. The summed E-state index contributed by atoms with van der Waals surface area (Å²) in [6.45, 7) is 3.69. The van der Waals surface area contributed by atoms with E-state index in [9.17, 15) is 28.1 Å². The van der Waals surface area contributed by atoms with Crippen LogP contribution in [-0.2, 0) is 10.0 Å². The van der Waals surface area contributed by atoms with Gasteiger partial charge in [-0.3, -0.25) is 24.4 Å². The highest BCUT2D eigenvalue weighted by molar-refractivity contribution is 7.89. The molecule has 9 nitrogen and oxygen atoms in total. The van der Waals surface area contributed by atoms with Crippen molar-refractivity contribution >= 4 is 33.0 Å². The highest BCUT2D eigenvalue weighted by Gasteiger charge is 2.36. The summed E-state index contributed by atoms with van der Waals surface area (Å²) in [5.41, 5.74) is 0.746. The number of aryl methyl sites for hydroxylation is 2. The van der Waals surface area contributed by atoms with E-state index in [0.29, 0.717) is 5.69 Å². The zero-order chi connectivity index (χ0) is 24.6. The van der Waals surface area contributed by atoms with Crippen molar-refractivity contribution in [3.8, 4) is 0 Å². The number of non-ortho nitro benzene ring substituents is 1. The molecule has 1 aliphatic rings. The fraction of sp³-hybridized carbons (Fsp3) is 0.0833. The van der Waals surface area contributed by atoms with Crippen LogP contribution >= 0.6 is 0 Å². The molecule has 2 N–H and O–H groups in total. The quantitative estimate of drug-likeness (QED) is 0.406. The summed E-state index contributed by atoms with van der Waals surface area (Å²) in [6, 6.07) is 16.0. The first kappa shape index (κ1) is 22.9. The molecule has 10 heteroatoms. The normalized spacial score (nSPS) is 13.5. The number of nitro groups is 1. The van der Waals surface area contributed by atoms with Gasteiger partial charge in [-0.2, -0.15) is 0 Å². The number of carbonyl (C=O) groups excluding carboxylic acids is 2. The van der Waals surface area contributed by atoms with E-state index >= 15 is 0 Å². The number of nitrogens with one attached hydrogen (secondary N) is 2. The zero-order valence-corrected chi connectivity index (χ0v) is 19.0. The van der Waals surface area contributed by atoms with Gasteiger partial charge < -0.3 is 5.32 Å². The summed E-state index contributed by atoms with van der Waals surface area (Å²) in [5.74, 6) is -1.53. The number of fused-ring (bicyclic) bond motifs is 1. The van der Waals surface area contributed by atoms with Crippen LogP contribution in [0.4, 0.5) is 11.4 Å². The number of ketones is 2. The number of hydrogen-bond donors (Lipinski definition) is 2. The third kappa shape index (κ3) is 4.30. The Morgan fingerprint density at radius 2 is 1.41 bits per heavy atom. The summed E-state index contributed by atoms with van der Waals surface area (Å²) in [4.78, 5) is 37.2. The molecule has 0 heterocycles. The minimum atomic E-state index is -4.21. The Morgan fingerprint density at radius 1 is 0.794 bits per heavy atom. The van der Waals surface area contributed by atoms with Crippen LogP contribution in [0.2, 0.25) is 0 Å². The maximum Gasteiger partial charge on any atom is 0.270 e. The lowest BCUT2D eigenvalue weighted by molar-refractivity contribution is -0.384. The molecule has 3 aromatic carbocycles. The fourth-order valence-electron chi connectivity index (χ4n) is 3.73. The van der Waals surface area contributed by atoms with Gasteiger partial charge >= 0.3 is 0 Å². The molecule has 0 bridgehead atoms. The molecule has 0 atom stereocenters. The lowest BCUT2D eigenvalue weighted by atomic mass is 9.90. The van der Waals surface area contributed by atoms with E-state index in [1.807, 2.05) is 19.9 Å². The van der Waals surface area contributed by atoms with Crippen molar-refractivity contribution in [3.05, 3.63) is 110 Å². The summed E-state index contributed by atoms with van der Waals surface area (Å²) in [6.07, 6.45) is 0. The lowest BCUT2D eigenvalue weighted by Gasteiger charge is -2.23. The average molecular weight is 477 g/mol. The molecule has 0 amide bonds. The van der Waals surface area contributed by atoms with Crippen LogP contribution in [-0.4, -0.2) is 24.9 Å². The molecule has 3 aromatic rings. The molecule has 0 aliphatic heterocycles. The summed E-state index contributed by atoms with van der Waals surface area (Å²) in [5, 5.41) is 14.1. The van der Waals surface area contributed by atoms with Crippen LogP contribution in [0.5, 0.6) is 0 Å². The Balaban J connectivity index is 1.88. The number of allylic oxidation sites excluding steroid dienone is 2. The number of nitro benzene ring substituents is 1. The maximum atomic E-state index is 13.4. The lowest BCUT2D eigenvalue weighted by Crippen LogP contribution is -2.36. The van der Waals surface area contributed by atoms with E-state index in [4.69, 9.17) is 0 Å². The Hall–Kier alpha value is -4.31. The van der Waals surface area contributed by atoms with Crippen molar-refractivity contribution in [2.75, 3.05) is 5.32 Å². The van der Waals surface area contributed by atoms with E-state index in [-0.39, 0.29) is 27.4 Å². The van der Waals surface area contributed by atoms with Crippen LogP contribution in [0.3, 0.4) is 0 Å². The van der Waals surface area contributed by atoms with Crippen LogP contribution in [0.1, 0.15) is 31.8 Å². The SMILES string of the molecule is Cc1cc(C)cc(NC2=C(NS(=O)(=O)c3ccccc3)C(=O)c3ccc([N+](=O)[O-])cc3C2=O)c1. The summed E-state index contributed by atoms with van der Waals surface area (Å²) < 4.78 is 28.2. The van der Waals surface area contributed by atoms with Crippen molar-refractivity contribution in [3.63, 3.8) is 0 Å². The van der Waals surface area contributed by atoms with Gasteiger partial charge in [0.2, 0.25) is 11.6 Å². The Bertz CT molecular complexity index is 1470. The first-order valence-corrected chi connectivity index (χ1v) is 11.6. The van der Waals surface area contributed by atoms with E-state index in [1.165, 1.54) is 24.3 Å². The Labute approximate surface area is 195 Å².